The average molecular weight is 536 g/mol. The summed E-state index contributed by atoms with van der Waals surface area (Å²) < 4.78 is 15.4. The Morgan fingerprint density at radius 1 is 1.24 bits per heavy atom. The number of halogens is 1. The first kappa shape index (κ1) is 26.6. The second-order valence-corrected chi connectivity index (χ2v) is 9.39. The highest BCUT2D eigenvalue weighted by atomic mass is 32.1. The molecule has 38 heavy (non-hydrogen) atoms. The van der Waals surface area contributed by atoms with Gasteiger partial charge in [0.1, 0.15) is 32.7 Å². The molecule has 2 amide bonds. The summed E-state index contributed by atoms with van der Waals surface area (Å²) in [6.45, 7) is 4.87. The number of hydrogen-bond acceptors (Lipinski definition) is 8. The molecule has 3 N–H and O–H groups in total. The van der Waals surface area contributed by atoms with Gasteiger partial charge in [-0.15, -0.1) is 11.3 Å². The first-order valence-electron chi connectivity index (χ1n) is 12.0. The van der Waals surface area contributed by atoms with E-state index < -0.39 is 5.91 Å². The summed E-state index contributed by atoms with van der Waals surface area (Å²) in [6, 6.07) is 11.5. The molecule has 1 aliphatic heterocycles. The summed E-state index contributed by atoms with van der Waals surface area (Å²) in [5, 5.41) is 17.8. The fourth-order valence-corrected chi connectivity index (χ4v) is 5.21. The van der Waals surface area contributed by atoms with Crippen LogP contribution >= 0.6 is 11.3 Å². The highest BCUT2D eigenvalue weighted by Crippen LogP contribution is 2.28. The second-order valence-electron chi connectivity index (χ2n) is 8.36. The monoisotopic (exact) mass is 535 g/mol. The Kier molecular flexibility index (Phi) is 8.18. The number of pyridine rings is 1. The topological polar surface area (TPSA) is 132 Å². The number of thiazole rings is 1. The molecule has 10 nitrogen and oxygen atoms in total. The summed E-state index contributed by atoms with van der Waals surface area (Å²) in [6.07, 6.45) is 2.14. The van der Waals surface area contributed by atoms with Gasteiger partial charge in [0, 0.05) is 31.5 Å². The Hall–Kier alpha value is -4.50. The average Bonchev–Trinajstić information content (AvgIpc) is 3.43. The van der Waals surface area contributed by atoms with Crippen molar-refractivity contribution in [3.63, 3.8) is 0 Å². The number of nitriles is 1. The van der Waals surface area contributed by atoms with Gasteiger partial charge in [0.05, 0.1) is 6.54 Å². The molecule has 0 unspecified atom stereocenters. The molecule has 0 atom stereocenters. The molecular formula is C26H26FN7O3S. The highest BCUT2D eigenvalue weighted by Gasteiger charge is 2.21. The van der Waals surface area contributed by atoms with E-state index in [-0.39, 0.29) is 34.1 Å². The van der Waals surface area contributed by atoms with Gasteiger partial charge < -0.3 is 20.9 Å². The maximum absolute atomic E-state index is 13.5. The van der Waals surface area contributed by atoms with Crippen molar-refractivity contribution >= 4 is 52.2 Å². The Bertz CT molecular complexity index is 1610. The zero-order chi connectivity index (χ0) is 27.2. The predicted molar refractivity (Wildman–Crippen MR) is 144 cm³/mol. The van der Waals surface area contributed by atoms with Gasteiger partial charge in [0.25, 0.3) is 11.5 Å². The van der Waals surface area contributed by atoms with E-state index in [1.54, 1.807) is 38.1 Å². The van der Waals surface area contributed by atoms with E-state index >= 15 is 0 Å². The number of benzene rings is 1. The first-order chi connectivity index (χ1) is 18.3. The second kappa shape index (κ2) is 11.7. The van der Waals surface area contributed by atoms with E-state index in [1.807, 2.05) is 11.0 Å². The van der Waals surface area contributed by atoms with Crippen LogP contribution in [-0.2, 0) is 22.6 Å². The summed E-state index contributed by atoms with van der Waals surface area (Å²) >= 11 is 1.03. The number of nitrogens with zero attached hydrogens (tertiary/aromatic N) is 4. The predicted octanol–water partition coefficient (Wildman–Crippen LogP) is 1.13. The summed E-state index contributed by atoms with van der Waals surface area (Å²) in [5.74, 6) is -0.392. The van der Waals surface area contributed by atoms with Crippen LogP contribution in [0.2, 0.25) is 0 Å². The number of fused-ring (bicyclic) bond motifs is 1. The molecule has 3 heterocycles. The van der Waals surface area contributed by atoms with Gasteiger partial charge in [-0.2, -0.15) is 5.26 Å². The Labute approximate surface area is 221 Å². The van der Waals surface area contributed by atoms with Crippen molar-refractivity contribution in [2.75, 3.05) is 35.2 Å². The molecule has 0 spiro atoms. The number of aromatic nitrogens is 2. The molecule has 196 valence electrons. The molecule has 0 bridgehead atoms. The molecule has 1 aliphatic rings. The van der Waals surface area contributed by atoms with Gasteiger partial charge in [-0.05, 0) is 56.2 Å². The van der Waals surface area contributed by atoms with Gasteiger partial charge in [-0.3, -0.25) is 19.0 Å². The molecule has 0 saturated carbocycles. The lowest BCUT2D eigenvalue weighted by molar-refractivity contribution is -0.116. The Morgan fingerprint density at radius 3 is 2.76 bits per heavy atom. The van der Waals surface area contributed by atoms with Crippen LogP contribution in [-0.4, -0.2) is 41.0 Å². The smallest absolute Gasteiger partial charge is 0.270 e. The zero-order valence-electron chi connectivity index (χ0n) is 20.9. The molecule has 1 aromatic carbocycles. The molecular weight excluding hydrogens is 509 g/mol. The fraction of sp³-hybridized carbons (Fsp3) is 0.269. The Balaban J connectivity index is 1.50. The lowest BCUT2D eigenvalue weighted by atomic mass is 10.2. The van der Waals surface area contributed by atoms with Crippen LogP contribution in [0.25, 0.3) is 11.8 Å². The molecule has 12 heteroatoms. The normalized spacial score (nSPS) is 13.5. The van der Waals surface area contributed by atoms with Crippen molar-refractivity contribution in [1.29, 1.82) is 5.26 Å². The molecule has 2 aromatic heterocycles. The number of carbonyl (C=O) groups is 2. The molecule has 0 radical (unpaired) electrons. The number of rotatable bonds is 8. The minimum absolute atomic E-state index is 0.0992. The lowest BCUT2D eigenvalue weighted by Gasteiger charge is -2.18. The Morgan fingerprint density at radius 2 is 2.03 bits per heavy atom. The van der Waals surface area contributed by atoms with Crippen molar-refractivity contribution in [2.45, 2.75) is 26.8 Å². The number of anilines is 3. The number of amides is 2. The minimum atomic E-state index is -0.535. The van der Waals surface area contributed by atoms with E-state index in [2.05, 4.69) is 20.9 Å². The zero-order valence-corrected chi connectivity index (χ0v) is 21.7. The van der Waals surface area contributed by atoms with E-state index in [1.165, 1.54) is 22.9 Å². The third-order valence-corrected chi connectivity index (χ3v) is 6.98. The van der Waals surface area contributed by atoms with Crippen LogP contribution in [0.15, 0.2) is 41.2 Å². The van der Waals surface area contributed by atoms with Crippen LogP contribution in [0, 0.1) is 17.1 Å². The van der Waals surface area contributed by atoms with Crippen LogP contribution in [0.3, 0.4) is 0 Å². The van der Waals surface area contributed by atoms with Crippen molar-refractivity contribution in [2.24, 2.45) is 0 Å². The number of nitrogens with one attached hydrogen (secondary N) is 3. The maximum atomic E-state index is 13.5. The third kappa shape index (κ3) is 5.73. The summed E-state index contributed by atoms with van der Waals surface area (Å²) in [7, 11) is 0. The molecule has 4 rings (SSSR count). The van der Waals surface area contributed by atoms with Gasteiger partial charge in [0.2, 0.25) is 5.91 Å². The van der Waals surface area contributed by atoms with Crippen LogP contribution in [0.4, 0.5) is 21.7 Å². The first-order valence-corrected chi connectivity index (χ1v) is 12.9. The minimum Gasteiger partial charge on any atom is -0.362 e. The van der Waals surface area contributed by atoms with E-state index in [0.717, 1.165) is 22.6 Å². The van der Waals surface area contributed by atoms with Gasteiger partial charge in [-0.25, -0.2) is 9.37 Å². The van der Waals surface area contributed by atoms with E-state index in [0.29, 0.717) is 42.2 Å². The largest absolute Gasteiger partial charge is 0.362 e. The van der Waals surface area contributed by atoms with E-state index in [9.17, 15) is 24.0 Å². The highest BCUT2D eigenvalue weighted by molar-refractivity contribution is 7.07. The molecule has 0 saturated heterocycles. The SMILES string of the molecule is CCNC(=O)C(C#N)=c1sc(=CNc2cccc(NC(=O)CN3CCc4cc(F)ccc43)n2)c(=O)n1CC. The lowest BCUT2D eigenvalue weighted by Crippen LogP contribution is -2.34. The molecule has 3 aromatic rings. The third-order valence-electron chi connectivity index (χ3n) is 5.85. The molecule has 0 aliphatic carbocycles. The van der Waals surface area contributed by atoms with Crippen molar-refractivity contribution in [1.82, 2.24) is 14.9 Å². The standard InChI is InChI=1S/C26H26FN7O3S/c1-3-29-24(36)18(13-28)26-34(4-2)25(37)20(38-26)14-30-21-6-5-7-22(31-21)32-23(35)15-33-11-10-16-12-17(27)8-9-19(16)33/h5-9,12,14H,3-4,10-11,15H2,1-2H3,(H,29,36)(H2,30,31,32,35). The van der Waals surface area contributed by atoms with Crippen molar-refractivity contribution in [3.05, 3.63) is 67.3 Å². The van der Waals surface area contributed by atoms with Crippen LogP contribution in [0.5, 0.6) is 0 Å². The number of hydrogen-bond donors (Lipinski definition) is 3. The van der Waals surface area contributed by atoms with Crippen molar-refractivity contribution < 1.29 is 14.0 Å². The quantitative estimate of drug-likeness (QED) is 0.394. The van der Waals surface area contributed by atoms with Crippen molar-refractivity contribution in [3.8, 4) is 6.07 Å². The summed E-state index contributed by atoms with van der Waals surface area (Å²) in [4.78, 5) is 44.1. The molecule has 0 fully saturated rings. The fourth-order valence-electron chi connectivity index (χ4n) is 4.12. The summed E-state index contributed by atoms with van der Waals surface area (Å²) in [5.41, 5.74) is 1.26. The van der Waals surface area contributed by atoms with Crippen LogP contribution in [0.1, 0.15) is 19.4 Å². The van der Waals surface area contributed by atoms with Gasteiger partial charge >= 0.3 is 0 Å². The maximum Gasteiger partial charge on any atom is 0.270 e. The van der Waals surface area contributed by atoms with E-state index in [4.69, 9.17) is 0 Å². The van der Waals surface area contributed by atoms with Gasteiger partial charge in [0.15, 0.2) is 5.57 Å². The number of carbonyl (C=O) groups excluding carboxylic acids is 2. The van der Waals surface area contributed by atoms with Gasteiger partial charge in [-0.1, -0.05) is 6.07 Å². The van der Waals surface area contributed by atoms with Crippen LogP contribution < -0.4 is 35.6 Å².